The monoisotopic (exact) mass is 628 g/mol. The third-order valence-electron chi connectivity index (χ3n) is 11.6. The Morgan fingerprint density at radius 2 is 0.460 bits per heavy atom. The second kappa shape index (κ2) is 9.56. The second-order valence-electron chi connectivity index (χ2n) is 13.9. The number of fused-ring (bicyclic) bond motifs is 11. The van der Waals surface area contributed by atoms with Crippen LogP contribution >= 0.6 is 0 Å². The topological polar surface area (TPSA) is 0 Å². The zero-order valence-corrected chi connectivity index (χ0v) is 27.2. The van der Waals surface area contributed by atoms with E-state index in [2.05, 4.69) is 170 Å². The van der Waals surface area contributed by atoms with E-state index in [4.69, 9.17) is 0 Å². The van der Waals surface area contributed by atoms with Crippen molar-refractivity contribution in [1.82, 2.24) is 0 Å². The third kappa shape index (κ3) is 3.31. The van der Waals surface area contributed by atoms with Gasteiger partial charge in [-0.15, -0.1) is 0 Å². The molecule has 50 heavy (non-hydrogen) atoms. The SMILES string of the molecule is c1ccc2c(c1)-c1cccc3c(-c4cc5c6ccccc6c(-c6ccc7c8c(cccc68)-c6ccccc6-7)cc5c5ccccc45)ccc-2c13. The van der Waals surface area contributed by atoms with Gasteiger partial charge in [-0.2, -0.15) is 0 Å². The lowest BCUT2D eigenvalue weighted by molar-refractivity contribution is 1.69. The molecule has 228 valence electrons. The van der Waals surface area contributed by atoms with Crippen LogP contribution in [0.4, 0.5) is 0 Å². The van der Waals surface area contributed by atoms with E-state index in [1.165, 1.54) is 121 Å². The molecule has 0 saturated heterocycles. The Morgan fingerprint density at radius 1 is 0.160 bits per heavy atom. The molecule has 0 heterocycles. The van der Waals surface area contributed by atoms with Gasteiger partial charge in [-0.1, -0.05) is 158 Å². The van der Waals surface area contributed by atoms with Crippen LogP contribution in [-0.2, 0) is 0 Å². The van der Waals surface area contributed by atoms with Crippen LogP contribution in [0.3, 0.4) is 0 Å². The minimum atomic E-state index is 1.29. The average Bonchev–Trinajstić information content (AvgIpc) is 3.69. The molecule has 10 aromatic carbocycles. The first kappa shape index (κ1) is 26.5. The molecule has 0 bridgehead atoms. The van der Waals surface area contributed by atoms with E-state index in [0.29, 0.717) is 0 Å². The fourth-order valence-corrected chi connectivity index (χ4v) is 9.48. The second-order valence-corrected chi connectivity index (χ2v) is 13.9. The fraction of sp³-hybridized carbons (Fsp3) is 0. The number of benzene rings is 10. The van der Waals surface area contributed by atoms with Crippen molar-refractivity contribution in [3.8, 4) is 66.8 Å². The summed E-state index contributed by atoms with van der Waals surface area (Å²) in [6, 6.07) is 63.7. The summed E-state index contributed by atoms with van der Waals surface area (Å²) in [5.41, 5.74) is 15.8. The Labute approximate surface area is 289 Å². The van der Waals surface area contributed by atoms with Gasteiger partial charge in [0, 0.05) is 0 Å². The van der Waals surface area contributed by atoms with Crippen molar-refractivity contribution in [2.24, 2.45) is 0 Å². The molecule has 0 aliphatic heterocycles. The molecule has 0 fully saturated rings. The van der Waals surface area contributed by atoms with Gasteiger partial charge in [0.25, 0.3) is 0 Å². The standard InChI is InChI=1S/C50H28/c1-3-13-31-29(11-1)39-19-9-21-41-37(23-25-43(31)49(39)41)45-27-47-36-18-8-6-16-34(36)46(28-48(47)35-17-7-5-15-33(35)45)38-24-26-44-32-14-4-2-12-30(32)40-20-10-22-42(38)50(40)44/h1-28H. The fourth-order valence-electron chi connectivity index (χ4n) is 9.48. The zero-order chi connectivity index (χ0) is 32.5. The van der Waals surface area contributed by atoms with Gasteiger partial charge in [-0.3, -0.25) is 0 Å². The molecule has 2 aliphatic rings. The molecule has 0 heteroatoms. The number of hydrogen-bond donors (Lipinski definition) is 0. The van der Waals surface area contributed by atoms with Gasteiger partial charge < -0.3 is 0 Å². The first-order chi connectivity index (χ1) is 24.8. The molecular weight excluding hydrogens is 601 g/mol. The summed E-state index contributed by atoms with van der Waals surface area (Å²) < 4.78 is 0. The Balaban J connectivity index is 1.16. The largest absolute Gasteiger partial charge is 0.0616 e. The van der Waals surface area contributed by atoms with Crippen molar-refractivity contribution in [3.05, 3.63) is 170 Å². The van der Waals surface area contributed by atoms with Gasteiger partial charge in [-0.25, -0.2) is 0 Å². The summed E-state index contributed by atoms with van der Waals surface area (Å²) in [5, 5.41) is 13.1. The number of hydrogen-bond acceptors (Lipinski definition) is 0. The summed E-state index contributed by atoms with van der Waals surface area (Å²) in [6.07, 6.45) is 0. The van der Waals surface area contributed by atoms with Crippen LogP contribution in [0, 0.1) is 0 Å². The van der Waals surface area contributed by atoms with E-state index in [1.807, 2.05) is 0 Å². The van der Waals surface area contributed by atoms with E-state index in [1.54, 1.807) is 0 Å². The molecule has 0 saturated carbocycles. The average molecular weight is 629 g/mol. The summed E-state index contributed by atoms with van der Waals surface area (Å²) in [4.78, 5) is 0. The zero-order valence-electron chi connectivity index (χ0n) is 27.2. The minimum absolute atomic E-state index is 1.29. The molecule has 0 radical (unpaired) electrons. The normalized spacial score (nSPS) is 12.4. The molecular formula is C50H28. The van der Waals surface area contributed by atoms with Crippen molar-refractivity contribution in [1.29, 1.82) is 0 Å². The van der Waals surface area contributed by atoms with Gasteiger partial charge in [0.1, 0.15) is 0 Å². The molecule has 12 rings (SSSR count). The molecule has 0 atom stereocenters. The molecule has 0 amide bonds. The highest BCUT2D eigenvalue weighted by molar-refractivity contribution is 6.28. The maximum Gasteiger partial charge on any atom is -0.00201 e. The van der Waals surface area contributed by atoms with Gasteiger partial charge >= 0.3 is 0 Å². The van der Waals surface area contributed by atoms with Gasteiger partial charge in [0.2, 0.25) is 0 Å². The Hall–Kier alpha value is -6.50. The highest BCUT2D eigenvalue weighted by Gasteiger charge is 2.25. The van der Waals surface area contributed by atoms with Crippen molar-refractivity contribution < 1.29 is 0 Å². The lowest BCUT2D eigenvalue weighted by Gasteiger charge is -2.18. The van der Waals surface area contributed by atoms with Crippen LogP contribution in [0.15, 0.2) is 170 Å². The molecule has 10 aromatic rings. The van der Waals surface area contributed by atoms with Crippen molar-refractivity contribution in [2.45, 2.75) is 0 Å². The van der Waals surface area contributed by atoms with E-state index < -0.39 is 0 Å². The Morgan fingerprint density at radius 3 is 0.880 bits per heavy atom. The Bertz CT molecular complexity index is 2870. The third-order valence-corrected chi connectivity index (χ3v) is 11.6. The molecule has 2 aliphatic carbocycles. The van der Waals surface area contributed by atoms with Crippen LogP contribution in [-0.4, -0.2) is 0 Å². The maximum absolute atomic E-state index is 2.47. The van der Waals surface area contributed by atoms with Crippen LogP contribution < -0.4 is 0 Å². The molecule has 0 nitrogen and oxygen atoms in total. The van der Waals surface area contributed by atoms with Crippen LogP contribution in [0.5, 0.6) is 0 Å². The van der Waals surface area contributed by atoms with E-state index in [9.17, 15) is 0 Å². The van der Waals surface area contributed by atoms with Crippen LogP contribution in [0.2, 0.25) is 0 Å². The van der Waals surface area contributed by atoms with E-state index >= 15 is 0 Å². The summed E-state index contributed by atoms with van der Waals surface area (Å²) >= 11 is 0. The lowest BCUT2D eigenvalue weighted by atomic mass is 9.85. The first-order valence-electron chi connectivity index (χ1n) is 17.5. The van der Waals surface area contributed by atoms with Crippen molar-refractivity contribution >= 4 is 53.9 Å². The lowest BCUT2D eigenvalue weighted by Crippen LogP contribution is -1.91. The van der Waals surface area contributed by atoms with E-state index in [0.717, 1.165) is 0 Å². The predicted molar refractivity (Wildman–Crippen MR) is 214 cm³/mol. The first-order valence-corrected chi connectivity index (χ1v) is 17.5. The predicted octanol–water partition coefficient (Wildman–Crippen LogP) is 14.1. The number of rotatable bonds is 2. The van der Waals surface area contributed by atoms with Crippen LogP contribution in [0.25, 0.3) is 121 Å². The van der Waals surface area contributed by atoms with Gasteiger partial charge in [0.05, 0.1) is 0 Å². The smallest absolute Gasteiger partial charge is 0.00201 e. The summed E-state index contributed by atoms with van der Waals surface area (Å²) in [7, 11) is 0. The van der Waals surface area contributed by atoms with Crippen LogP contribution in [0.1, 0.15) is 0 Å². The summed E-state index contributed by atoms with van der Waals surface area (Å²) in [6.45, 7) is 0. The Kier molecular flexibility index (Phi) is 5.06. The van der Waals surface area contributed by atoms with Gasteiger partial charge in [0.15, 0.2) is 0 Å². The van der Waals surface area contributed by atoms with Gasteiger partial charge in [-0.05, 0) is 133 Å². The quantitative estimate of drug-likeness (QED) is 0.167. The molecule has 0 N–H and O–H groups in total. The van der Waals surface area contributed by atoms with E-state index in [-0.39, 0.29) is 0 Å². The molecule has 0 unspecified atom stereocenters. The molecule has 0 aromatic heterocycles. The van der Waals surface area contributed by atoms with Crippen molar-refractivity contribution in [3.63, 3.8) is 0 Å². The molecule has 0 spiro atoms. The highest BCUT2D eigenvalue weighted by atomic mass is 14.3. The highest BCUT2D eigenvalue weighted by Crippen LogP contribution is 2.52. The summed E-state index contributed by atoms with van der Waals surface area (Å²) in [5.74, 6) is 0. The van der Waals surface area contributed by atoms with Crippen molar-refractivity contribution in [2.75, 3.05) is 0 Å². The maximum atomic E-state index is 2.47. The minimum Gasteiger partial charge on any atom is -0.0616 e.